The van der Waals surface area contributed by atoms with Crippen molar-refractivity contribution >= 4 is 17.5 Å². The van der Waals surface area contributed by atoms with Crippen molar-refractivity contribution in [3.8, 4) is 5.75 Å². The topological polar surface area (TPSA) is 73.6 Å². The van der Waals surface area contributed by atoms with Crippen molar-refractivity contribution in [2.24, 2.45) is 5.90 Å². The molecule has 0 spiro atoms. The molecule has 0 fully saturated rings. The number of benzene rings is 1. The highest BCUT2D eigenvalue weighted by Crippen LogP contribution is 2.15. The number of nitrogens with two attached hydrogens (primary N) is 1. The zero-order valence-corrected chi connectivity index (χ0v) is 9.37. The first kappa shape index (κ1) is 12.8. The van der Waals surface area contributed by atoms with E-state index in [-0.39, 0.29) is 19.1 Å². The van der Waals surface area contributed by atoms with E-state index >= 15 is 0 Å². The van der Waals surface area contributed by atoms with Gasteiger partial charge in [-0.3, -0.25) is 4.79 Å². The molecule has 88 valence electrons. The number of nitrogens with one attached hydrogen (secondary N) is 1. The molecule has 5 nitrogen and oxygen atoms in total. The van der Waals surface area contributed by atoms with Gasteiger partial charge in [0.05, 0.1) is 6.61 Å². The molecule has 0 aliphatic heterocycles. The molecule has 0 aliphatic carbocycles. The van der Waals surface area contributed by atoms with Gasteiger partial charge in [0.2, 0.25) is 0 Å². The fourth-order valence-corrected chi connectivity index (χ4v) is 1.11. The summed E-state index contributed by atoms with van der Waals surface area (Å²) in [6, 6.07) is 6.77. The van der Waals surface area contributed by atoms with Crippen LogP contribution in [-0.2, 0) is 9.63 Å². The smallest absolute Gasteiger partial charge is 0.258 e. The van der Waals surface area contributed by atoms with E-state index in [1.165, 1.54) is 0 Å². The zero-order chi connectivity index (χ0) is 11.8. The van der Waals surface area contributed by atoms with Gasteiger partial charge >= 0.3 is 0 Å². The van der Waals surface area contributed by atoms with Crippen LogP contribution in [0.1, 0.15) is 0 Å². The largest absolute Gasteiger partial charge is 0.484 e. The highest BCUT2D eigenvalue weighted by Gasteiger charge is 2.01. The van der Waals surface area contributed by atoms with E-state index in [2.05, 4.69) is 10.2 Å². The number of hydrogen-bond acceptors (Lipinski definition) is 4. The minimum atomic E-state index is -0.230. The lowest BCUT2D eigenvalue weighted by Gasteiger charge is -2.06. The summed E-state index contributed by atoms with van der Waals surface area (Å²) in [6.45, 7) is 0.582. The molecular formula is C10H13ClN2O3. The molecule has 16 heavy (non-hydrogen) atoms. The highest BCUT2D eigenvalue weighted by atomic mass is 35.5. The van der Waals surface area contributed by atoms with E-state index in [1.807, 2.05) is 0 Å². The summed E-state index contributed by atoms with van der Waals surface area (Å²) in [6.07, 6.45) is 0. The van der Waals surface area contributed by atoms with E-state index in [0.29, 0.717) is 17.3 Å². The van der Waals surface area contributed by atoms with Gasteiger partial charge in [-0.05, 0) is 24.3 Å². The third-order valence-electron chi connectivity index (χ3n) is 1.73. The average molecular weight is 245 g/mol. The zero-order valence-electron chi connectivity index (χ0n) is 8.61. The van der Waals surface area contributed by atoms with Crippen LogP contribution < -0.4 is 16.0 Å². The Hall–Kier alpha value is -1.30. The fourth-order valence-electron chi connectivity index (χ4n) is 0.980. The Kier molecular flexibility index (Phi) is 5.63. The van der Waals surface area contributed by atoms with Gasteiger partial charge < -0.3 is 14.9 Å². The van der Waals surface area contributed by atoms with Crippen LogP contribution in [0.4, 0.5) is 0 Å². The molecule has 3 N–H and O–H groups in total. The predicted molar refractivity (Wildman–Crippen MR) is 60.1 cm³/mol. The van der Waals surface area contributed by atoms with Crippen molar-refractivity contribution < 1.29 is 14.4 Å². The Morgan fingerprint density at radius 1 is 1.38 bits per heavy atom. The summed E-state index contributed by atoms with van der Waals surface area (Å²) in [5, 5.41) is 3.19. The quantitative estimate of drug-likeness (QED) is 0.571. The highest BCUT2D eigenvalue weighted by molar-refractivity contribution is 6.30. The maximum Gasteiger partial charge on any atom is 0.258 e. The van der Waals surface area contributed by atoms with Crippen LogP contribution in [0.3, 0.4) is 0 Å². The van der Waals surface area contributed by atoms with Crippen molar-refractivity contribution in [3.05, 3.63) is 29.3 Å². The van der Waals surface area contributed by atoms with Gasteiger partial charge in [-0.1, -0.05) is 11.6 Å². The minimum Gasteiger partial charge on any atom is -0.484 e. The van der Waals surface area contributed by atoms with E-state index in [9.17, 15) is 4.79 Å². The van der Waals surface area contributed by atoms with Crippen LogP contribution >= 0.6 is 11.6 Å². The Balaban J connectivity index is 2.23. The molecular weight excluding hydrogens is 232 g/mol. The maximum atomic E-state index is 11.2. The molecule has 0 saturated carbocycles. The molecule has 6 heteroatoms. The number of ether oxygens (including phenoxy) is 1. The molecule has 1 aromatic rings. The van der Waals surface area contributed by atoms with Gasteiger partial charge in [-0.2, -0.15) is 0 Å². The standard InChI is InChI=1S/C10H13ClN2O3/c11-8-1-3-9(4-2-8)15-7-10(14)13-5-6-16-12/h1-4H,5-7,12H2,(H,13,14). The van der Waals surface area contributed by atoms with Crippen molar-refractivity contribution in [1.29, 1.82) is 0 Å². The average Bonchev–Trinajstić information content (AvgIpc) is 2.29. The first-order valence-electron chi connectivity index (χ1n) is 4.69. The second kappa shape index (κ2) is 7.05. The van der Waals surface area contributed by atoms with Gasteiger partial charge in [-0.15, -0.1) is 0 Å². The van der Waals surface area contributed by atoms with Crippen LogP contribution in [0, 0.1) is 0 Å². The van der Waals surface area contributed by atoms with Crippen LogP contribution in [0.15, 0.2) is 24.3 Å². The Labute approximate surface area is 98.4 Å². The van der Waals surface area contributed by atoms with E-state index in [4.69, 9.17) is 22.2 Å². The van der Waals surface area contributed by atoms with Crippen molar-refractivity contribution in [2.45, 2.75) is 0 Å². The second-order valence-electron chi connectivity index (χ2n) is 2.96. The summed E-state index contributed by atoms with van der Waals surface area (Å²) in [4.78, 5) is 15.5. The minimum absolute atomic E-state index is 0.0494. The molecule has 0 unspecified atom stereocenters. The monoisotopic (exact) mass is 244 g/mol. The molecule has 0 atom stereocenters. The Morgan fingerprint density at radius 2 is 2.06 bits per heavy atom. The van der Waals surface area contributed by atoms with Crippen molar-refractivity contribution in [1.82, 2.24) is 5.32 Å². The molecule has 1 amide bonds. The fraction of sp³-hybridized carbons (Fsp3) is 0.300. The van der Waals surface area contributed by atoms with Crippen molar-refractivity contribution in [2.75, 3.05) is 19.8 Å². The summed E-state index contributed by atoms with van der Waals surface area (Å²) < 4.78 is 5.21. The summed E-state index contributed by atoms with van der Waals surface area (Å²) >= 11 is 5.70. The Bertz CT molecular complexity index is 329. The number of carbonyl (C=O) groups excluding carboxylic acids is 1. The van der Waals surface area contributed by atoms with Gasteiger partial charge in [0.25, 0.3) is 5.91 Å². The maximum absolute atomic E-state index is 11.2. The van der Waals surface area contributed by atoms with Crippen LogP contribution in [0.25, 0.3) is 0 Å². The normalized spacial score (nSPS) is 9.88. The van der Waals surface area contributed by atoms with E-state index in [1.54, 1.807) is 24.3 Å². The lowest BCUT2D eigenvalue weighted by Crippen LogP contribution is -2.32. The van der Waals surface area contributed by atoms with Crippen LogP contribution in [0.5, 0.6) is 5.75 Å². The summed E-state index contributed by atoms with van der Waals surface area (Å²) in [7, 11) is 0. The second-order valence-corrected chi connectivity index (χ2v) is 3.40. The van der Waals surface area contributed by atoms with E-state index < -0.39 is 0 Å². The first-order chi connectivity index (χ1) is 7.72. The molecule has 0 heterocycles. The number of carbonyl (C=O) groups is 1. The molecule has 0 aromatic heterocycles. The summed E-state index contributed by atoms with van der Waals surface area (Å²) in [5.74, 6) is 5.16. The molecule has 1 aromatic carbocycles. The molecule has 0 aliphatic rings. The lowest BCUT2D eigenvalue weighted by molar-refractivity contribution is -0.123. The molecule has 0 saturated heterocycles. The van der Waals surface area contributed by atoms with E-state index in [0.717, 1.165) is 0 Å². The number of rotatable bonds is 6. The predicted octanol–water partition coefficient (Wildman–Crippen LogP) is 0.725. The number of hydrogen-bond donors (Lipinski definition) is 2. The molecule has 0 bridgehead atoms. The lowest BCUT2D eigenvalue weighted by atomic mass is 10.3. The Morgan fingerprint density at radius 3 is 2.69 bits per heavy atom. The number of amides is 1. The molecule has 0 radical (unpaired) electrons. The van der Waals surface area contributed by atoms with Crippen molar-refractivity contribution in [3.63, 3.8) is 0 Å². The summed E-state index contributed by atoms with van der Waals surface area (Å²) in [5.41, 5.74) is 0. The van der Waals surface area contributed by atoms with Crippen LogP contribution in [-0.4, -0.2) is 25.7 Å². The van der Waals surface area contributed by atoms with Gasteiger partial charge in [0.1, 0.15) is 5.75 Å². The molecule has 1 rings (SSSR count). The number of halogens is 1. The van der Waals surface area contributed by atoms with Gasteiger partial charge in [-0.25, -0.2) is 5.90 Å². The van der Waals surface area contributed by atoms with Gasteiger partial charge in [0.15, 0.2) is 6.61 Å². The third-order valence-corrected chi connectivity index (χ3v) is 1.98. The van der Waals surface area contributed by atoms with Gasteiger partial charge in [0, 0.05) is 11.6 Å². The third kappa shape index (κ3) is 4.97. The van der Waals surface area contributed by atoms with Crippen LogP contribution in [0.2, 0.25) is 5.02 Å². The first-order valence-corrected chi connectivity index (χ1v) is 5.07. The SMILES string of the molecule is NOCCNC(=O)COc1ccc(Cl)cc1.